The van der Waals surface area contributed by atoms with Gasteiger partial charge >= 0.3 is 0 Å². The molecule has 0 spiro atoms. The first-order valence-corrected chi connectivity index (χ1v) is 4.12. The third-order valence-corrected chi connectivity index (χ3v) is 1.57. The minimum atomic E-state index is -0.552. The first kappa shape index (κ1) is 10.5. The molecule has 0 saturated carbocycles. The van der Waals surface area contributed by atoms with Crippen LogP contribution in [0.15, 0.2) is 18.2 Å². The minimum Gasteiger partial charge on any atom is -0.398 e. The monoisotopic (exact) mass is 198 g/mol. The fourth-order valence-electron chi connectivity index (χ4n) is 0.918. The fraction of sp³-hybridized carbons (Fsp3) is 0.222. The standard InChI is InChI=1S/C9H11FN2O2/c1-2-14-12-9(13)7-5-6(10)3-4-8(7)11/h3-5H,2,11H2,1H3,(H,12,13). The van der Waals surface area contributed by atoms with Crippen molar-refractivity contribution in [2.75, 3.05) is 12.3 Å². The zero-order chi connectivity index (χ0) is 10.6. The van der Waals surface area contributed by atoms with E-state index in [1.807, 2.05) is 0 Å². The van der Waals surface area contributed by atoms with Gasteiger partial charge in [0.25, 0.3) is 5.91 Å². The van der Waals surface area contributed by atoms with Gasteiger partial charge in [-0.15, -0.1) is 0 Å². The molecule has 0 unspecified atom stereocenters. The normalized spacial score (nSPS) is 9.86. The van der Waals surface area contributed by atoms with Crippen LogP contribution in [-0.4, -0.2) is 12.5 Å². The summed E-state index contributed by atoms with van der Waals surface area (Å²) in [6.07, 6.45) is 0. The molecule has 1 rings (SSSR count). The van der Waals surface area contributed by atoms with E-state index >= 15 is 0 Å². The number of nitrogens with one attached hydrogen (secondary N) is 1. The number of benzene rings is 1. The van der Waals surface area contributed by atoms with Gasteiger partial charge in [-0.3, -0.25) is 9.63 Å². The summed E-state index contributed by atoms with van der Waals surface area (Å²) in [5.74, 6) is -1.07. The van der Waals surface area contributed by atoms with E-state index in [-0.39, 0.29) is 11.3 Å². The van der Waals surface area contributed by atoms with Gasteiger partial charge in [0.05, 0.1) is 12.2 Å². The number of hydrogen-bond acceptors (Lipinski definition) is 3. The number of nitrogen functional groups attached to an aromatic ring is 1. The van der Waals surface area contributed by atoms with Gasteiger partial charge in [0.1, 0.15) is 5.82 Å². The highest BCUT2D eigenvalue weighted by Gasteiger charge is 2.10. The number of amides is 1. The summed E-state index contributed by atoms with van der Waals surface area (Å²) in [7, 11) is 0. The molecule has 76 valence electrons. The largest absolute Gasteiger partial charge is 0.398 e. The molecule has 0 fully saturated rings. The molecule has 14 heavy (non-hydrogen) atoms. The molecule has 0 radical (unpaired) electrons. The first-order valence-electron chi connectivity index (χ1n) is 4.12. The van der Waals surface area contributed by atoms with Crippen LogP contribution in [0.5, 0.6) is 0 Å². The van der Waals surface area contributed by atoms with Crippen molar-refractivity contribution in [3.63, 3.8) is 0 Å². The Bertz CT molecular complexity index is 342. The molecule has 1 aromatic carbocycles. The molecule has 0 aromatic heterocycles. The van der Waals surface area contributed by atoms with Gasteiger partial charge < -0.3 is 5.73 Å². The van der Waals surface area contributed by atoms with Crippen LogP contribution in [0.3, 0.4) is 0 Å². The average Bonchev–Trinajstić information content (AvgIpc) is 2.18. The maximum Gasteiger partial charge on any atom is 0.277 e. The molecule has 1 aromatic rings. The van der Waals surface area contributed by atoms with Crippen LogP contribution in [-0.2, 0) is 4.84 Å². The van der Waals surface area contributed by atoms with E-state index in [0.29, 0.717) is 6.61 Å². The summed E-state index contributed by atoms with van der Waals surface area (Å²) in [4.78, 5) is 16.0. The number of carbonyl (C=O) groups excluding carboxylic acids is 1. The Morgan fingerprint density at radius 2 is 2.36 bits per heavy atom. The Hall–Kier alpha value is -1.62. The number of hydroxylamine groups is 1. The topological polar surface area (TPSA) is 64.3 Å². The van der Waals surface area contributed by atoms with Gasteiger partial charge in [-0.2, -0.15) is 0 Å². The Kier molecular flexibility index (Phi) is 3.41. The second kappa shape index (κ2) is 4.57. The summed E-state index contributed by atoms with van der Waals surface area (Å²) in [5.41, 5.74) is 7.89. The Labute approximate surface area is 80.8 Å². The predicted molar refractivity (Wildman–Crippen MR) is 49.9 cm³/mol. The van der Waals surface area contributed by atoms with Crippen molar-refractivity contribution in [3.8, 4) is 0 Å². The highest BCUT2D eigenvalue weighted by Crippen LogP contribution is 2.12. The third-order valence-electron chi connectivity index (χ3n) is 1.57. The fourth-order valence-corrected chi connectivity index (χ4v) is 0.918. The van der Waals surface area contributed by atoms with Crippen LogP contribution in [0, 0.1) is 5.82 Å². The zero-order valence-corrected chi connectivity index (χ0v) is 7.71. The number of anilines is 1. The Morgan fingerprint density at radius 3 is 3.00 bits per heavy atom. The smallest absolute Gasteiger partial charge is 0.277 e. The van der Waals surface area contributed by atoms with E-state index in [4.69, 9.17) is 5.73 Å². The van der Waals surface area contributed by atoms with Gasteiger partial charge in [0.15, 0.2) is 0 Å². The second-order valence-corrected chi connectivity index (χ2v) is 2.60. The van der Waals surface area contributed by atoms with Crippen molar-refractivity contribution in [1.29, 1.82) is 0 Å². The molecule has 4 nitrogen and oxygen atoms in total. The van der Waals surface area contributed by atoms with Crippen molar-refractivity contribution in [1.82, 2.24) is 5.48 Å². The molecule has 0 aliphatic heterocycles. The lowest BCUT2D eigenvalue weighted by molar-refractivity contribution is 0.0365. The minimum absolute atomic E-state index is 0.0680. The van der Waals surface area contributed by atoms with E-state index in [0.717, 1.165) is 6.07 Å². The molecular weight excluding hydrogens is 187 g/mol. The quantitative estimate of drug-likeness (QED) is 0.564. The maximum absolute atomic E-state index is 12.8. The van der Waals surface area contributed by atoms with E-state index in [9.17, 15) is 9.18 Å². The predicted octanol–water partition coefficient (Wildman–Crippen LogP) is 1.09. The first-order chi connectivity index (χ1) is 6.65. The Morgan fingerprint density at radius 1 is 1.64 bits per heavy atom. The molecule has 1 amide bonds. The summed E-state index contributed by atoms with van der Waals surface area (Å²) < 4.78 is 12.8. The third kappa shape index (κ3) is 2.43. The van der Waals surface area contributed by atoms with Crippen LogP contribution < -0.4 is 11.2 Å². The highest BCUT2D eigenvalue weighted by atomic mass is 19.1. The van der Waals surface area contributed by atoms with Crippen molar-refractivity contribution in [2.24, 2.45) is 0 Å². The molecule has 0 saturated heterocycles. The molecule has 0 aliphatic carbocycles. The lowest BCUT2D eigenvalue weighted by Gasteiger charge is -2.06. The van der Waals surface area contributed by atoms with Crippen LogP contribution in [0.4, 0.5) is 10.1 Å². The highest BCUT2D eigenvalue weighted by molar-refractivity contribution is 5.98. The van der Waals surface area contributed by atoms with Crippen LogP contribution in [0.1, 0.15) is 17.3 Å². The number of rotatable bonds is 3. The number of hydrogen-bond donors (Lipinski definition) is 2. The van der Waals surface area contributed by atoms with Crippen LogP contribution in [0.25, 0.3) is 0 Å². The van der Waals surface area contributed by atoms with Crippen LogP contribution >= 0.6 is 0 Å². The molecule has 0 aliphatic rings. The van der Waals surface area contributed by atoms with Gasteiger partial charge in [-0.25, -0.2) is 9.87 Å². The Balaban J connectivity index is 2.83. The average molecular weight is 198 g/mol. The number of nitrogens with two attached hydrogens (primary N) is 1. The van der Waals surface area contributed by atoms with E-state index in [1.54, 1.807) is 6.92 Å². The van der Waals surface area contributed by atoms with Gasteiger partial charge in [0, 0.05) is 5.69 Å². The van der Waals surface area contributed by atoms with Crippen molar-refractivity contribution in [2.45, 2.75) is 6.92 Å². The van der Waals surface area contributed by atoms with Gasteiger partial charge in [-0.1, -0.05) is 0 Å². The number of halogens is 1. The van der Waals surface area contributed by atoms with E-state index in [2.05, 4.69) is 10.3 Å². The lowest BCUT2D eigenvalue weighted by Crippen LogP contribution is -2.24. The lowest BCUT2D eigenvalue weighted by atomic mass is 10.1. The van der Waals surface area contributed by atoms with E-state index in [1.165, 1.54) is 12.1 Å². The van der Waals surface area contributed by atoms with Gasteiger partial charge in [-0.05, 0) is 25.1 Å². The molecule has 0 atom stereocenters. The van der Waals surface area contributed by atoms with Crippen molar-refractivity contribution < 1.29 is 14.0 Å². The van der Waals surface area contributed by atoms with E-state index < -0.39 is 11.7 Å². The summed E-state index contributed by atoms with van der Waals surface area (Å²) in [6, 6.07) is 3.58. The molecule has 5 heteroatoms. The molecule has 3 N–H and O–H groups in total. The van der Waals surface area contributed by atoms with Crippen LogP contribution in [0.2, 0.25) is 0 Å². The zero-order valence-electron chi connectivity index (χ0n) is 7.71. The molecule has 0 bridgehead atoms. The number of carbonyl (C=O) groups is 1. The SMILES string of the molecule is CCONC(=O)c1cc(F)ccc1N. The summed E-state index contributed by atoms with van der Waals surface area (Å²) in [5, 5.41) is 0. The van der Waals surface area contributed by atoms with Crippen molar-refractivity contribution in [3.05, 3.63) is 29.6 Å². The summed E-state index contributed by atoms with van der Waals surface area (Å²) >= 11 is 0. The maximum atomic E-state index is 12.8. The second-order valence-electron chi connectivity index (χ2n) is 2.60. The van der Waals surface area contributed by atoms with Gasteiger partial charge in [0.2, 0.25) is 0 Å². The molecular formula is C9H11FN2O2. The summed E-state index contributed by atoms with van der Waals surface area (Å²) in [6.45, 7) is 2.05. The molecule has 0 heterocycles. The van der Waals surface area contributed by atoms with Crippen molar-refractivity contribution >= 4 is 11.6 Å².